The van der Waals surface area contributed by atoms with E-state index in [0.29, 0.717) is 29.2 Å². The summed E-state index contributed by atoms with van der Waals surface area (Å²) in [4.78, 5) is 32.2. The summed E-state index contributed by atoms with van der Waals surface area (Å²) in [6.07, 6.45) is 4.09. The number of carbonyl (C=O) groups is 2. The number of aliphatic imine (C=N–C) groups is 1. The van der Waals surface area contributed by atoms with Crippen molar-refractivity contribution in [1.82, 2.24) is 9.80 Å². The summed E-state index contributed by atoms with van der Waals surface area (Å²) in [5, 5.41) is 11.0. The Balaban J connectivity index is 1.58. The molecule has 0 saturated carbocycles. The maximum absolute atomic E-state index is 12.6. The second kappa shape index (κ2) is 10.8. The molecule has 1 unspecified atom stereocenters. The molecule has 2 aromatic rings. The highest BCUT2D eigenvalue weighted by Gasteiger charge is 2.24. The van der Waals surface area contributed by atoms with E-state index >= 15 is 0 Å². The van der Waals surface area contributed by atoms with Gasteiger partial charge in [0.2, 0.25) is 5.91 Å². The quantitative estimate of drug-likeness (QED) is 0.506. The number of aliphatic hydroxyl groups excluding tert-OH is 1. The number of amidine groups is 1. The second-order valence-electron chi connectivity index (χ2n) is 9.16. The summed E-state index contributed by atoms with van der Waals surface area (Å²) in [5.41, 5.74) is 16.4. The molecule has 0 bridgehead atoms. The van der Waals surface area contributed by atoms with Gasteiger partial charge in [0.15, 0.2) is 0 Å². The lowest BCUT2D eigenvalue weighted by Crippen LogP contribution is -2.43. The SMILES string of the molecule is CCCN(CC(N)=O)C(O)C1=Cc2ccc(-c3ccc(C(=O)N4CCCC4)cc3)cc2N=C(N)C1. The average molecular weight is 476 g/mol. The van der Waals surface area contributed by atoms with Crippen molar-refractivity contribution in [3.63, 3.8) is 0 Å². The van der Waals surface area contributed by atoms with Gasteiger partial charge in [-0.2, -0.15) is 0 Å². The molecule has 2 heterocycles. The molecule has 4 rings (SSSR count). The number of fused-ring (bicyclic) bond motifs is 1. The number of hydrogen-bond donors (Lipinski definition) is 3. The first-order valence-corrected chi connectivity index (χ1v) is 12.1. The second-order valence-corrected chi connectivity index (χ2v) is 9.16. The van der Waals surface area contributed by atoms with Gasteiger partial charge in [-0.15, -0.1) is 0 Å². The van der Waals surface area contributed by atoms with Gasteiger partial charge in [0.25, 0.3) is 5.91 Å². The van der Waals surface area contributed by atoms with Gasteiger partial charge in [0, 0.05) is 37.2 Å². The van der Waals surface area contributed by atoms with Crippen molar-refractivity contribution in [1.29, 1.82) is 0 Å². The number of amides is 2. The summed E-state index contributed by atoms with van der Waals surface area (Å²) in [5.74, 6) is -0.0298. The highest BCUT2D eigenvalue weighted by atomic mass is 16.3. The largest absolute Gasteiger partial charge is 0.387 e. The first-order chi connectivity index (χ1) is 16.9. The molecule has 5 N–H and O–H groups in total. The van der Waals surface area contributed by atoms with Crippen LogP contribution in [-0.2, 0) is 4.79 Å². The molecular weight excluding hydrogens is 442 g/mol. The molecule has 0 aliphatic carbocycles. The van der Waals surface area contributed by atoms with Gasteiger partial charge in [-0.1, -0.05) is 31.2 Å². The predicted molar refractivity (Wildman–Crippen MR) is 138 cm³/mol. The van der Waals surface area contributed by atoms with Crippen LogP contribution in [0.3, 0.4) is 0 Å². The van der Waals surface area contributed by atoms with Crippen molar-refractivity contribution in [3.8, 4) is 11.1 Å². The standard InChI is InChI=1S/C27H33N5O3/c1-2-11-32(17-25(29)33)27(35)22-14-21-10-9-20(15-23(21)30-24(28)16-22)18-5-7-19(8-6-18)26(34)31-12-3-4-13-31/h5-10,14-15,27,35H,2-4,11-13,16-17H2,1H3,(H2,28,30)(H2,29,33). The molecular formula is C27H33N5O3. The average Bonchev–Trinajstić information content (AvgIpc) is 3.32. The third kappa shape index (κ3) is 5.78. The van der Waals surface area contributed by atoms with Gasteiger partial charge in [0.05, 0.1) is 12.2 Å². The van der Waals surface area contributed by atoms with Gasteiger partial charge >= 0.3 is 0 Å². The van der Waals surface area contributed by atoms with Crippen LogP contribution in [-0.4, -0.2) is 65.0 Å². The summed E-state index contributed by atoms with van der Waals surface area (Å²) in [6.45, 7) is 4.12. The number of likely N-dealkylation sites (tertiary alicyclic amines) is 1. The minimum absolute atomic E-state index is 0.0363. The number of primary amides is 1. The topological polar surface area (TPSA) is 125 Å². The predicted octanol–water partition coefficient (Wildman–Crippen LogP) is 2.88. The Hall–Kier alpha value is -3.49. The fourth-order valence-corrected chi connectivity index (χ4v) is 4.68. The van der Waals surface area contributed by atoms with Crippen molar-refractivity contribution in [3.05, 3.63) is 59.2 Å². The lowest BCUT2D eigenvalue weighted by molar-refractivity contribution is -0.121. The molecule has 1 saturated heterocycles. The van der Waals surface area contributed by atoms with E-state index in [0.717, 1.165) is 49.0 Å². The molecule has 0 aromatic heterocycles. The van der Waals surface area contributed by atoms with Crippen LogP contribution in [0.2, 0.25) is 0 Å². The highest BCUT2D eigenvalue weighted by molar-refractivity contribution is 5.95. The number of rotatable bonds is 8. The van der Waals surface area contributed by atoms with Gasteiger partial charge in [0.1, 0.15) is 12.1 Å². The van der Waals surface area contributed by atoms with Crippen LogP contribution in [0.1, 0.15) is 48.5 Å². The van der Waals surface area contributed by atoms with E-state index in [-0.39, 0.29) is 18.9 Å². The number of aliphatic hydroxyl groups is 1. The van der Waals surface area contributed by atoms with Crippen molar-refractivity contribution >= 4 is 29.4 Å². The number of carbonyl (C=O) groups excluding carboxylic acids is 2. The van der Waals surface area contributed by atoms with Crippen LogP contribution in [0.15, 0.2) is 53.0 Å². The van der Waals surface area contributed by atoms with E-state index < -0.39 is 12.1 Å². The van der Waals surface area contributed by atoms with Crippen molar-refractivity contribution < 1.29 is 14.7 Å². The Morgan fingerprint density at radius 3 is 2.46 bits per heavy atom. The van der Waals surface area contributed by atoms with E-state index in [1.807, 2.05) is 60.4 Å². The van der Waals surface area contributed by atoms with Crippen LogP contribution < -0.4 is 11.5 Å². The van der Waals surface area contributed by atoms with E-state index in [9.17, 15) is 14.7 Å². The molecule has 2 aromatic carbocycles. The lowest BCUT2D eigenvalue weighted by Gasteiger charge is -2.28. The Kier molecular flexibility index (Phi) is 7.63. The minimum Gasteiger partial charge on any atom is -0.387 e. The third-order valence-electron chi connectivity index (χ3n) is 6.43. The van der Waals surface area contributed by atoms with Crippen LogP contribution >= 0.6 is 0 Å². The molecule has 0 radical (unpaired) electrons. The van der Waals surface area contributed by atoms with E-state index in [2.05, 4.69) is 4.99 Å². The Labute approximate surface area is 205 Å². The van der Waals surface area contributed by atoms with Crippen LogP contribution in [0.4, 0.5) is 5.69 Å². The van der Waals surface area contributed by atoms with E-state index in [1.54, 1.807) is 4.90 Å². The van der Waals surface area contributed by atoms with Crippen LogP contribution in [0.25, 0.3) is 17.2 Å². The maximum atomic E-state index is 12.6. The monoisotopic (exact) mass is 475 g/mol. The Bertz CT molecular complexity index is 1150. The highest BCUT2D eigenvalue weighted by Crippen LogP contribution is 2.33. The molecule has 35 heavy (non-hydrogen) atoms. The van der Waals surface area contributed by atoms with Gasteiger partial charge in [-0.3, -0.25) is 14.5 Å². The molecule has 2 aliphatic heterocycles. The zero-order valence-electron chi connectivity index (χ0n) is 20.1. The summed E-state index contributed by atoms with van der Waals surface area (Å²) >= 11 is 0. The zero-order chi connectivity index (χ0) is 24.9. The molecule has 2 amide bonds. The number of hydrogen-bond acceptors (Lipinski definition) is 6. The van der Waals surface area contributed by atoms with Crippen molar-refractivity contribution in [2.45, 2.75) is 38.8 Å². The van der Waals surface area contributed by atoms with Crippen molar-refractivity contribution in [2.75, 3.05) is 26.2 Å². The normalized spacial score (nSPS) is 16.4. The van der Waals surface area contributed by atoms with Crippen LogP contribution in [0.5, 0.6) is 0 Å². The molecule has 184 valence electrons. The maximum Gasteiger partial charge on any atom is 0.253 e. The number of nitrogens with two attached hydrogens (primary N) is 2. The fraction of sp³-hybridized carbons (Fsp3) is 0.370. The van der Waals surface area contributed by atoms with E-state index in [1.165, 1.54) is 0 Å². The van der Waals surface area contributed by atoms with Gasteiger partial charge in [-0.25, -0.2) is 4.99 Å². The molecule has 1 atom stereocenters. The third-order valence-corrected chi connectivity index (χ3v) is 6.43. The smallest absolute Gasteiger partial charge is 0.253 e. The molecule has 2 aliphatic rings. The minimum atomic E-state index is -0.984. The Morgan fingerprint density at radius 2 is 1.80 bits per heavy atom. The summed E-state index contributed by atoms with van der Waals surface area (Å²) in [6, 6.07) is 13.5. The zero-order valence-corrected chi connectivity index (χ0v) is 20.1. The van der Waals surface area contributed by atoms with Gasteiger partial charge < -0.3 is 21.5 Å². The molecule has 1 fully saturated rings. The Morgan fingerprint density at radius 1 is 1.11 bits per heavy atom. The lowest BCUT2D eigenvalue weighted by atomic mass is 9.99. The summed E-state index contributed by atoms with van der Waals surface area (Å²) < 4.78 is 0. The first kappa shape index (κ1) is 24.6. The van der Waals surface area contributed by atoms with Gasteiger partial charge in [-0.05, 0) is 60.2 Å². The molecule has 8 nitrogen and oxygen atoms in total. The fourth-order valence-electron chi connectivity index (χ4n) is 4.68. The number of nitrogens with zero attached hydrogens (tertiary/aromatic N) is 3. The first-order valence-electron chi connectivity index (χ1n) is 12.1. The van der Waals surface area contributed by atoms with Crippen LogP contribution in [0, 0.1) is 0 Å². The van der Waals surface area contributed by atoms with Crippen molar-refractivity contribution in [2.24, 2.45) is 16.5 Å². The van der Waals surface area contributed by atoms with E-state index in [4.69, 9.17) is 11.5 Å². The molecule has 8 heteroatoms. The summed E-state index contributed by atoms with van der Waals surface area (Å²) in [7, 11) is 0. The molecule has 0 spiro atoms. The number of benzene rings is 2.